The quantitative estimate of drug-likeness (QED) is 0.587. The van der Waals surface area contributed by atoms with Gasteiger partial charge in [0, 0.05) is 13.1 Å². The molecule has 0 bridgehead atoms. The van der Waals surface area contributed by atoms with Crippen molar-refractivity contribution in [1.82, 2.24) is 5.32 Å². The van der Waals surface area contributed by atoms with Gasteiger partial charge >= 0.3 is 0 Å². The first-order valence-electron chi connectivity index (χ1n) is 6.94. The molecule has 0 aromatic heterocycles. The summed E-state index contributed by atoms with van der Waals surface area (Å²) in [5.74, 6) is 2.18. The van der Waals surface area contributed by atoms with Crippen LogP contribution in [0.1, 0.15) is 18.4 Å². The third kappa shape index (κ3) is 5.62. The van der Waals surface area contributed by atoms with E-state index in [4.69, 9.17) is 4.74 Å². The minimum absolute atomic E-state index is 0. The monoisotopic (exact) mass is 303 g/mol. The fourth-order valence-corrected chi connectivity index (χ4v) is 2.03. The van der Waals surface area contributed by atoms with Gasteiger partial charge in [0.15, 0.2) is 0 Å². The van der Waals surface area contributed by atoms with Crippen molar-refractivity contribution in [3.05, 3.63) is 72.8 Å². The molecule has 0 amide bonds. The standard InChI is InChI=1S/C18H21NO.ClH/c1-3-12-19-14-15(2)16-8-7-11-18(13-16)20-17-9-5-4-6-10-17;/h3-11,13,15,19H,1,12,14H2,2H3;1H. The van der Waals surface area contributed by atoms with Crippen LogP contribution >= 0.6 is 12.4 Å². The topological polar surface area (TPSA) is 21.3 Å². The summed E-state index contributed by atoms with van der Waals surface area (Å²) in [7, 11) is 0. The van der Waals surface area contributed by atoms with Crippen molar-refractivity contribution < 1.29 is 4.74 Å². The highest BCUT2D eigenvalue weighted by Crippen LogP contribution is 2.24. The molecule has 0 aliphatic rings. The van der Waals surface area contributed by atoms with Crippen LogP contribution in [0.3, 0.4) is 0 Å². The lowest BCUT2D eigenvalue weighted by Gasteiger charge is -2.14. The molecular weight excluding hydrogens is 282 g/mol. The zero-order chi connectivity index (χ0) is 14.2. The van der Waals surface area contributed by atoms with Crippen molar-refractivity contribution in [1.29, 1.82) is 0 Å². The maximum Gasteiger partial charge on any atom is 0.127 e. The van der Waals surface area contributed by atoms with E-state index in [-0.39, 0.29) is 12.4 Å². The number of para-hydroxylation sites is 1. The first kappa shape index (κ1) is 17.3. The van der Waals surface area contributed by atoms with E-state index in [1.165, 1.54) is 5.56 Å². The summed E-state index contributed by atoms with van der Waals surface area (Å²) in [6, 6.07) is 18.1. The highest BCUT2D eigenvalue weighted by molar-refractivity contribution is 5.85. The summed E-state index contributed by atoms with van der Waals surface area (Å²) in [6.45, 7) is 7.68. The predicted octanol–water partition coefficient (Wildman–Crippen LogP) is 4.78. The molecule has 1 N–H and O–H groups in total. The zero-order valence-corrected chi connectivity index (χ0v) is 13.1. The molecule has 112 valence electrons. The number of hydrogen-bond acceptors (Lipinski definition) is 2. The van der Waals surface area contributed by atoms with Gasteiger partial charge in [-0.15, -0.1) is 19.0 Å². The van der Waals surface area contributed by atoms with Gasteiger partial charge in [0.1, 0.15) is 11.5 Å². The maximum absolute atomic E-state index is 5.86. The second-order valence-corrected chi connectivity index (χ2v) is 4.84. The highest BCUT2D eigenvalue weighted by Gasteiger charge is 2.06. The van der Waals surface area contributed by atoms with Crippen molar-refractivity contribution in [2.45, 2.75) is 12.8 Å². The molecule has 1 unspecified atom stereocenters. The summed E-state index contributed by atoms with van der Waals surface area (Å²) in [4.78, 5) is 0. The molecule has 0 fully saturated rings. The van der Waals surface area contributed by atoms with Crippen LogP contribution in [0.15, 0.2) is 67.3 Å². The normalized spacial score (nSPS) is 11.3. The summed E-state index contributed by atoms with van der Waals surface area (Å²) >= 11 is 0. The fourth-order valence-electron chi connectivity index (χ4n) is 2.03. The molecule has 0 radical (unpaired) electrons. The van der Waals surface area contributed by atoms with Gasteiger partial charge in [-0.3, -0.25) is 0 Å². The molecule has 1 atom stereocenters. The number of nitrogens with one attached hydrogen (secondary N) is 1. The molecule has 0 aliphatic carbocycles. The third-order valence-electron chi connectivity index (χ3n) is 3.15. The Hall–Kier alpha value is -1.77. The van der Waals surface area contributed by atoms with E-state index in [2.05, 4.69) is 31.0 Å². The Labute approximate surface area is 133 Å². The molecule has 0 saturated carbocycles. The summed E-state index contributed by atoms with van der Waals surface area (Å²) in [6.07, 6.45) is 1.88. The second-order valence-electron chi connectivity index (χ2n) is 4.84. The van der Waals surface area contributed by atoms with Gasteiger partial charge < -0.3 is 10.1 Å². The summed E-state index contributed by atoms with van der Waals surface area (Å²) < 4.78 is 5.86. The van der Waals surface area contributed by atoms with E-state index in [0.717, 1.165) is 24.6 Å². The van der Waals surface area contributed by atoms with Crippen LogP contribution in [0.5, 0.6) is 11.5 Å². The van der Waals surface area contributed by atoms with Crippen LogP contribution in [0, 0.1) is 0 Å². The first-order chi connectivity index (χ1) is 9.79. The van der Waals surface area contributed by atoms with Crippen molar-refractivity contribution in [2.24, 2.45) is 0 Å². The van der Waals surface area contributed by atoms with Gasteiger partial charge in [0.05, 0.1) is 0 Å². The van der Waals surface area contributed by atoms with Crippen molar-refractivity contribution in [2.75, 3.05) is 13.1 Å². The zero-order valence-electron chi connectivity index (χ0n) is 12.3. The number of rotatable bonds is 7. The van der Waals surface area contributed by atoms with Gasteiger partial charge in [-0.2, -0.15) is 0 Å². The van der Waals surface area contributed by atoms with Crippen LogP contribution in [-0.4, -0.2) is 13.1 Å². The van der Waals surface area contributed by atoms with E-state index in [0.29, 0.717) is 5.92 Å². The van der Waals surface area contributed by atoms with Crippen LogP contribution in [0.4, 0.5) is 0 Å². The second kappa shape index (κ2) is 9.22. The van der Waals surface area contributed by atoms with Crippen LogP contribution < -0.4 is 10.1 Å². The van der Waals surface area contributed by atoms with E-state index in [9.17, 15) is 0 Å². The Balaban J connectivity index is 0.00000220. The molecule has 0 saturated heterocycles. The van der Waals surface area contributed by atoms with Crippen LogP contribution in [0.25, 0.3) is 0 Å². The number of halogens is 1. The van der Waals surface area contributed by atoms with E-state index in [1.807, 2.05) is 48.5 Å². The molecule has 0 aliphatic heterocycles. The number of ether oxygens (including phenoxy) is 1. The van der Waals surface area contributed by atoms with E-state index >= 15 is 0 Å². The van der Waals surface area contributed by atoms with Gasteiger partial charge in [0.2, 0.25) is 0 Å². The van der Waals surface area contributed by atoms with Gasteiger partial charge in [-0.1, -0.05) is 43.3 Å². The molecule has 0 spiro atoms. The molecule has 0 heterocycles. The maximum atomic E-state index is 5.86. The average Bonchev–Trinajstić information content (AvgIpc) is 2.49. The minimum atomic E-state index is 0. The molecule has 2 aromatic carbocycles. The Morgan fingerprint density at radius 1 is 1.10 bits per heavy atom. The predicted molar refractivity (Wildman–Crippen MR) is 91.7 cm³/mol. The Morgan fingerprint density at radius 3 is 2.52 bits per heavy atom. The lowest BCUT2D eigenvalue weighted by molar-refractivity contribution is 0.481. The summed E-state index contributed by atoms with van der Waals surface area (Å²) in [5.41, 5.74) is 1.27. The fraction of sp³-hybridized carbons (Fsp3) is 0.222. The van der Waals surface area contributed by atoms with E-state index in [1.54, 1.807) is 0 Å². The Bertz CT molecular complexity index is 542. The molecule has 2 rings (SSSR count). The molecule has 21 heavy (non-hydrogen) atoms. The molecule has 3 heteroatoms. The van der Waals surface area contributed by atoms with Crippen molar-refractivity contribution in [3.63, 3.8) is 0 Å². The van der Waals surface area contributed by atoms with Crippen molar-refractivity contribution >= 4 is 12.4 Å². The van der Waals surface area contributed by atoms with Crippen molar-refractivity contribution in [3.8, 4) is 11.5 Å². The van der Waals surface area contributed by atoms with Gasteiger partial charge in [-0.05, 0) is 35.7 Å². The third-order valence-corrected chi connectivity index (χ3v) is 3.15. The Kier molecular flexibility index (Phi) is 7.59. The summed E-state index contributed by atoms with van der Waals surface area (Å²) in [5, 5.41) is 3.34. The smallest absolute Gasteiger partial charge is 0.127 e. The number of hydrogen-bond donors (Lipinski definition) is 1. The van der Waals surface area contributed by atoms with E-state index < -0.39 is 0 Å². The van der Waals surface area contributed by atoms with Gasteiger partial charge in [-0.25, -0.2) is 0 Å². The Morgan fingerprint density at radius 2 is 1.81 bits per heavy atom. The highest BCUT2D eigenvalue weighted by atomic mass is 35.5. The number of benzene rings is 2. The van der Waals surface area contributed by atoms with Crippen LogP contribution in [-0.2, 0) is 0 Å². The molecular formula is C18H22ClNO. The molecule has 2 aromatic rings. The largest absolute Gasteiger partial charge is 0.457 e. The first-order valence-corrected chi connectivity index (χ1v) is 6.94. The lowest BCUT2D eigenvalue weighted by Crippen LogP contribution is -2.19. The SMILES string of the molecule is C=CCNCC(C)c1cccc(Oc2ccccc2)c1.Cl. The lowest BCUT2D eigenvalue weighted by atomic mass is 10.0. The average molecular weight is 304 g/mol. The minimum Gasteiger partial charge on any atom is -0.457 e. The van der Waals surface area contributed by atoms with Gasteiger partial charge in [0.25, 0.3) is 0 Å². The van der Waals surface area contributed by atoms with Crippen LogP contribution in [0.2, 0.25) is 0 Å². The molecule has 2 nitrogen and oxygen atoms in total.